The number of oxazole rings is 1. The summed E-state index contributed by atoms with van der Waals surface area (Å²) in [5.74, 6) is -2.77. The van der Waals surface area contributed by atoms with E-state index < -0.39 is 54.4 Å². The number of amides is 4. The van der Waals surface area contributed by atoms with Crippen LogP contribution in [0.25, 0.3) is 0 Å². The normalized spacial score (nSPS) is 23.2. The number of nitrogens with zero attached hydrogens (tertiary/aromatic N) is 3. The maximum Gasteiger partial charge on any atom is 0.290 e. The molecule has 0 saturated heterocycles. The van der Waals surface area contributed by atoms with Crippen LogP contribution in [0.1, 0.15) is 76.8 Å². The van der Waals surface area contributed by atoms with Gasteiger partial charge in [0.15, 0.2) is 5.69 Å². The number of aliphatic hydroxyl groups is 1. The van der Waals surface area contributed by atoms with Crippen molar-refractivity contribution in [3.63, 3.8) is 0 Å². The van der Waals surface area contributed by atoms with E-state index in [-0.39, 0.29) is 29.7 Å². The predicted octanol–water partition coefficient (Wildman–Crippen LogP) is 1.05. The van der Waals surface area contributed by atoms with Crippen LogP contribution in [0.3, 0.4) is 0 Å². The molecule has 0 radical (unpaired) electrons. The van der Waals surface area contributed by atoms with Crippen molar-refractivity contribution >= 4 is 35.2 Å². The SMILES string of the molecule is CC[C@H](C)[C@H]1NC(=O)c2coc(n2)[C@H](C)NC(=O)[C@@H](CO)NC(=O)[C@H](Cc2ccccc2)NC(=O)c2nsc1n2. The van der Waals surface area contributed by atoms with Crippen LogP contribution in [0.5, 0.6) is 0 Å². The minimum atomic E-state index is -1.33. The largest absolute Gasteiger partial charge is 0.446 e. The summed E-state index contributed by atoms with van der Waals surface area (Å²) < 4.78 is 9.61. The van der Waals surface area contributed by atoms with E-state index in [0.29, 0.717) is 11.4 Å². The molecule has 5 atom stereocenters. The third kappa shape index (κ3) is 6.69. The van der Waals surface area contributed by atoms with Crippen LogP contribution in [0.15, 0.2) is 41.0 Å². The van der Waals surface area contributed by atoms with E-state index in [1.165, 1.54) is 6.26 Å². The summed E-state index contributed by atoms with van der Waals surface area (Å²) in [5.41, 5.74) is 0.749. The van der Waals surface area contributed by atoms with Crippen LogP contribution >= 0.6 is 11.5 Å². The summed E-state index contributed by atoms with van der Waals surface area (Å²) >= 11 is 0.972. The Kier molecular flexibility index (Phi) is 9.22. The zero-order chi connectivity index (χ0) is 28.8. The number of aliphatic hydroxyl groups excluding tert-OH is 1. The average Bonchev–Trinajstić information content (AvgIpc) is 3.64. The second-order valence-corrected chi connectivity index (χ2v) is 10.3. The van der Waals surface area contributed by atoms with Gasteiger partial charge in [-0.2, -0.15) is 4.37 Å². The van der Waals surface area contributed by atoms with Gasteiger partial charge in [-0.3, -0.25) is 19.2 Å². The molecular weight excluding hydrogens is 538 g/mol. The number of rotatable bonds is 5. The molecule has 0 saturated carbocycles. The van der Waals surface area contributed by atoms with Crippen LogP contribution in [-0.4, -0.2) is 61.8 Å². The molecule has 1 aliphatic rings. The lowest BCUT2D eigenvalue weighted by Gasteiger charge is -2.23. The summed E-state index contributed by atoms with van der Waals surface area (Å²) in [4.78, 5) is 61.0. The van der Waals surface area contributed by atoms with Gasteiger partial charge in [-0.25, -0.2) is 9.97 Å². The van der Waals surface area contributed by atoms with Crippen LogP contribution in [0, 0.1) is 5.92 Å². The smallest absolute Gasteiger partial charge is 0.290 e. The Balaban J connectivity index is 1.71. The minimum absolute atomic E-state index is 0.0104. The van der Waals surface area contributed by atoms with E-state index in [2.05, 4.69) is 35.6 Å². The Morgan fingerprint density at radius 1 is 0.975 bits per heavy atom. The third-order valence-corrected chi connectivity index (χ3v) is 7.41. The van der Waals surface area contributed by atoms with Gasteiger partial charge >= 0.3 is 0 Å². The molecule has 2 aromatic heterocycles. The van der Waals surface area contributed by atoms with E-state index in [1.54, 1.807) is 31.2 Å². The molecule has 1 aromatic carbocycles. The van der Waals surface area contributed by atoms with Crippen LogP contribution in [0.2, 0.25) is 0 Å². The van der Waals surface area contributed by atoms with E-state index in [9.17, 15) is 24.3 Å². The van der Waals surface area contributed by atoms with E-state index in [4.69, 9.17) is 4.42 Å². The quantitative estimate of drug-likeness (QED) is 0.299. The molecule has 3 aromatic rings. The van der Waals surface area contributed by atoms with Gasteiger partial charge in [0, 0.05) is 6.42 Å². The molecule has 3 heterocycles. The highest BCUT2D eigenvalue weighted by atomic mass is 32.1. The van der Waals surface area contributed by atoms with Crippen molar-refractivity contribution in [1.29, 1.82) is 0 Å². The summed E-state index contributed by atoms with van der Waals surface area (Å²) in [6, 6.07) is 5.22. The molecule has 4 amide bonds. The van der Waals surface area contributed by atoms with Crippen molar-refractivity contribution in [2.24, 2.45) is 5.92 Å². The molecule has 13 nitrogen and oxygen atoms in total. The number of hydrogen-bond donors (Lipinski definition) is 5. The second-order valence-electron chi connectivity index (χ2n) is 9.55. The highest BCUT2D eigenvalue weighted by molar-refractivity contribution is 7.05. The fourth-order valence-electron chi connectivity index (χ4n) is 4.07. The van der Waals surface area contributed by atoms with Crippen molar-refractivity contribution in [3.8, 4) is 0 Å². The zero-order valence-electron chi connectivity index (χ0n) is 22.2. The van der Waals surface area contributed by atoms with E-state index in [1.807, 2.05) is 19.9 Å². The second kappa shape index (κ2) is 12.8. The number of carbonyl (C=O) groups excluding carboxylic acids is 4. The minimum Gasteiger partial charge on any atom is -0.446 e. The maximum absolute atomic E-state index is 13.3. The average molecular weight is 570 g/mol. The van der Waals surface area contributed by atoms with Crippen molar-refractivity contribution in [3.05, 3.63) is 64.6 Å². The summed E-state index contributed by atoms with van der Waals surface area (Å²) in [6.45, 7) is 4.77. The topological polar surface area (TPSA) is 188 Å². The maximum atomic E-state index is 13.3. The summed E-state index contributed by atoms with van der Waals surface area (Å²) in [5, 5.41) is 21.0. The monoisotopic (exact) mass is 569 g/mol. The highest BCUT2D eigenvalue weighted by Crippen LogP contribution is 2.26. The molecule has 212 valence electrons. The van der Waals surface area contributed by atoms with E-state index in [0.717, 1.165) is 17.1 Å². The molecule has 4 bridgehead atoms. The number of nitrogens with one attached hydrogen (secondary N) is 4. The highest BCUT2D eigenvalue weighted by Gasteiger charge is 2.32. The Morgan fingerprint density at radius 3 is 2.40 bits per heavy atom. The molecular formula is C26H31N7O6S. The Hall–Kier alpha value is -4.17. The first-order valence-corrected chi connectivity index (χ1v) is 13.6. The number of hydrogen-bond acceptors (Lipinski definition) is 10. The predicted molar refractivity (Wildman–Crippen MR) is 143 cm³/mol. The molecule has 5 N–H and O–H groups in total. The van der Waals surface area contributed by atoms with Gasteiger partial charge in [0.25, 0.3) is 11.8 Å². The molecule has 1 aliphatic heterocycles. The van der Waals surface area contributed by atoms with Crippen molar-refractivity contribution < 1.29 is 28.7 Å². The molecule has 40 heavy (non-hydrogen) atoms. The van der Waals surface area contributed by atoms with Gasteiger partial charge in [0.05, 0.1) is 12.6 Å². The number of carbonyl (C=O) groups is 4. The lowest BCUT2D eigenvalue weighted by molar-refractivity contribution is -0.131. The Morgan fingerprint density at radius 2 is 1.70 bits per heavy atom. The number of fused-ring (bicyclic) bond motifs is 4. The fourth-order valence-corrected chi connectivity index (χ4v) is 4.90. The van der Waals surface area contributed by atoms with Gasteiger partial charge < -0.3 is 30.8 Å². The van der Waals surface area contributed by atoms with Gasteiger partial charge in [-0.05, 0) is 29.9 Å². The van der Waals surface area contributed by atoms with E-state index >= 15 is 0 Å². The lowest BCUT2D eigenvalue weighted by Crippen LogP contribution is -2.55. The summed E-state index contributed by atoms with van der Waals surface area (Å²) in [6.07, 6.45) is 1.98. The van der Waals surface area contributed by atoms with Crippen LogP contribution < -0.4 is 21.3 Å². The molecule has 14 heteroatoms. The first-order chi connectivity index (χ1) is 19.2. The van der Waals surface area contributed by atoms with Crippen LogP contribution in [0.4, 0.5) is 0 Å². The van der Waals surface area contributed by atoms with Gasteiger partial charge in [-0.1, -0.05) is 50.6 Å². The van der Waals surface area contributed by atoms with Crippen molar-refractivity contribution in [1.82, 2.24) is 35.6 Å². The van der Waals surface area contributed by atoms with Gasteiger partial charge in [0.1, 0.15) is 29.4 Å². The first-order valence-electron chi connectivity index (χ1n) is 12.9. The van der Waals surface area contributed by atoms with Crippen molar-refractivity contribution in [2.75, 3.05) is 6.61 Å². The molecule has 0 unspecified atom stereocenters. The lowest BCUT2D eigenvalue weighted by atomic mass is 9.99. The number of aromatic nitrogens is 3. The van der Waals surface area contributed by atoms with Crippen LogP contribution in [-0.2, 0) is 16.0 Å². The molecule has 4 rings (SSSR count). The summed E-state index contributed by atoms with van der Waals surface area (Å²) in [7, 11) is 0. The van der Waals surface area contributed by atoms with Crippen molar-refractivity contribution in [2.45, 2.75) is 57.8 Å². The molecule has 0 spiro atoms. The molecule has 0 fully saturated rings. The first kappa shape index (κ1) is 28.8. The standard InChI is InChI=1S/C26H31N7O6S/c1-4-13(2)19-26-32-20(33-40-26)24(38)28-16(10-15-8-6-5-7-9-15)21(35)29-17(11-34)22(36)27-14(3)25-30-18(12-39-25)23(37)31-19/h5-9,12-14,16-17,19,34H,4,10-11H2,1-3H3,(H,27,36)(H,28,38)(H,29,35)(H,31,37)/t13-,14-,16-,17+,19+/m0/s1. The third-order valence-electron chi connectivity index (χ3n) is 6.61. The van der Waals surface area contributed by atoms with Gasteiger partial charge in [-0.15, -0.1) is 0 Å². The Labute approximate surface area is 234 Å². The zero-order valence-corrected chi connectivity index (χ0v) is 23.0. The molecule has 0 aliphatic carbocycles. The Bertz CT molecular complexity index is 1360. The van der Waals surface area contributed by atoms with Gasteiger partial charge in [0.2, 0.25) is 23.5 Å². The number of benzene rings is 1. The fraction of sp³-hybridized carbons (Fsp3) is 0.423.